The van der Waals surface area contributed by atoms with Crippen molar-refractivity contribution in [2.75, 3.05) is 26.2 Å². The molecule has 0 bridgehead atoms. The Balaban J connectivity index is 1.72. The van der Waals surface area contributed by atoms with E-state index < -0.39 is 0 Å². The first kappa shape index (κ1) is 18.2. The topological polar surface area (TPSA) is 77.7 Å². The lowest BCUT2D eigenvalue weighted by atomic mass is 10.1. The molecule has 26 heavy (non-hydrogen) atoms. The number of rotatable bonds is 7. The van der Waals surface area contributed by atoms with Gasteiger partial charge in [0, 0.05) is 31.0 Å². The number of hydrogen-bond acceptors (Lipinski definition) is 5. The van der Waals surface area contributed by atoms with Gasteiger partial charge in [0.1, 0.15) is 6.61 Å². The van der Waals surface area contributed by atoms with Gasteiger partial charge in [-0.15, -0.1) is 0 Å². The third-order valence-corrected chi connectivity index (χ3v) is 4.54. The molecule has 138 valence electrons. The van der Waals surface area contributed by atoms with Crippen LogP contribution in [0.5, 0.6) is 11.5 Å². The highest BCUT2D eigenvalue weighted by molar-refractivity contribution is 5.95. The van der Waals surface area contributed by atoms with Crippen LogP contribution < -0.4 is 15.2 Å². The smallest absolute Gasteiger partial charge is 0.254 e. The van der Waals surface area contributed by atoms with Crippen molar-refractivity contribution >= 4 is 5.91 Å². The van der Waals surface area contributed by atoms with Crippen LogP contribution in [0.1, 0.15) is 29.3 Å². The Labute approximate surface area is 153 Å². The molecule has 1 aromatic heterocycles. The van der Waals surface area contributed by atoms with Gasteiger partial charge in [-0.1, -0.05) is 0 Å². The van der Waals surface area contributed by atoms with Crippen molar-refractivity contribution in [1.29, 1.82) is 0 Å². The maximum Gasteiger partial charge on any atom is 0.254 e. The van der Waals surface area contributed by atoms with Crippen molar-refractivity contribution < 1.29 is 14.3 Å². The first-order chi connectivity index (χ1) is 12.7. The first-order valence-electron chi connectivity index (χ1n) is 8.99. The Morgan fingerprint density at radius 1 is 1.23 bits per heavy atom. The Kier molecular flexibility index (Phi) is 6.07. The molecule has 1 amide bonds. The quantitative estimate of drug-likeness (QED) is 0.826. The van der Waals surface area contributed by atoms with Crippen LogP contribution in [-0.4, -0.2) is 42.0 Å². The van der Waals surface area contributed by atoms with Crippen molar-refractivity contribution in [3.8, 4) is 11.5 Å². The van der Waals surface area contributed by atoms with Crippen LogP contribution in [-0.2, 0) is 6.61 Å². The van der Waals surface area contributed by atoms with Crippen LogP contribution >= 0.6 is 0 Å². The summed E-state index contributed by atoms with van der Waals surface area (Å²) in [6, 6.07) is 9.17. The second-order valence-electron chi connectivity index (χ2n) is 6.38. The van der Waals surface area contributed by atoms with Crippen molar-refractivity contribution in [2.24, 2.45) is 11.7 Å². The number of nitrogens with zero attached hydrogens (tertiary/aromatic N) is 2. The molecular formula is C20H25N3O3. The summed E-state index contributed by atoms with van der Waals surface area (Å²) >= 11 is 0. The maximum atomic E-state index is 12.7. The molecule has 1 atom stereocenters. The van der Waals surface area contributed by atoms with Crippen molar-refractivity contribution in [3.63, 3.8) is 0 Å². The fourth-order valence-electron chi connectivity index (χ4n) is 3.06. The summed E-state index contributed by atoms with van der Waals surface area (Å²) < 4.78 is 11.6. The molecule has 0 saturated carbocycles. The molecule has 1 fully saturated rings. The van der Waals surface area contributed by atoms with Gasteiger partial charge in [-0.25, -0.2) is 0 Å². The number of carbonyl (C=O) groups excluding carboxylic acids is 1. The van der Waals surface area contributed by atoms with Gasteiger partial charge in [-0.2, -0.15) is 0 Å². The summed E-state index contributed by atoms with van der Waals surface area (Å²) in [5.41, 5.74) is 7.36. The normalized spacial score (nSPS) is 16.5. The van der Waals surface area contributed by atoms with Crippen LogP contribution in [0.25, 0.3) is 0 Å². The van der Waals surface area contributed by atoms with E-state index in [2.05, 4.69) is 4.98 Å². The number of ether oxygens (including phenoxy) is 2. The summed E-state index contributed by atoms with van der Waals surface area (Å²) in [6.45, 7) is 4.93. The second-order valence-corrected chi connectivity index (χ2v) is 6.38. The molecular weight excluding hydrogens is 330 g/mol. The minimum Gasteiger partial charge on any atom is -0.490 e. The summed E-state index contributed by atoms with van der Waals surface area (Å²) in [5.74, 6) is 1.62. The standard InChI is InChI=1S/C20H25N3O3/c1-2-25-19-11-17(20(24)23-10-7-16(12-21)13-23)3-4-18(19)26-14-15-5-8-22-9-6-15/h3-6,8-9,11,16H,2,7,10,12-14,21H2,1H3. The predicted molar refractivity (Wildman–Crippen MR) is 99.2 cm³/mol. The second kappa shape index (κ2) is 8.67. The summed E-state index contributed by atoms with van der Waals surface area (Å²) in [5, 5.41) is 0. The van der Waals surface area contributed by atoms with Gasteiger partial charge in [-0.05, 0) is 61.7 Å². The minimum absolute atomic E-state index is 0.0163. The Morgan fingerprint density at radius 3 is 2.73 bits per heavy atom. The van der Waals surface area contributed by atoms with Crippen LogP contribution in [0, 0.1) is 5.92 Å². The third kappa shape index (κ3) is 4.32. The molecule has 0 radical (unpaired) electrons. The molecule has 6 heteroatoms. The summed E-state index contributed by atoms with van der Waals surface area (Å²) in [4.78, 5) is 18.6. The third-order valence-electron chi connectivity index (χ3n) is 4.54. The van der Waals surface area contributed by atoms with E-state index in [9.17, 15) is 4.79 Å². The lowest BCUT2D eigenvalue weighted by molar-refractivity contribution is 0.0787. The molecule has 0 aliphatic carbocycles. The van der Waals surface area contributed by atoms with Crippen LogP contribution in [0.2, 0.25) is 0 Å². The minimum atomic E-state index is 0.0163. The highest BCUT2D eigenvalue weighted by Crippen LogP contribution is 2.30. The van der Waals surface area contributed by atoms with Crippen LogP contribution in [0.15, 0.2) is 42.7 Å². The van der Waals surface area contributed by atoms with Gasteiger partial charge < -0.3 is 20.1 Å². The lowest BCUT2D eigenvalue weighted by Crippen LogP contribution is -2.29. The first-order valence-corrected chi connectivity index (χ1v) is 8.99. The molecule has 3 rings (SSSR count). The number of amides is 1. The molecule has 1 aliphatic rings. The van der Waals surface area contributed by atoms with Crippen molar-refractivity contribution in [3.05, 3.63) is 53.9 Å². The molecule has 0 spiro atoms. The average molecular weight is 355 g/mol. The average Bonchev–Trinajstić information content (AvgIpc) is 3.17. The fraction of sp³-hybridized carbons (Fsp3) is 0.400. The van der Waals surface area contributed by atoms with E-state index in [1.165, 1.54) is 0 Å². The number of pyridine rings is 1. The van der Waals surface area contributed by atoms with E-state index >= 15 is 0 Å². The molecule has 1 aromatic carbocycles. The monoisotopic (exact) mass is 355 g/mol. The lowest BCUT2D eigenvalue weighted by Gasteiger charge is -2.18. The van der Waals surface area contributed by atoms with Gasteiger partial charge in [-0.3, -0.25) is 9.78 Å². The molecule has 1 saturated heterocycles. The molecule has 6 nitrogen and oxygen atoms in total. The van der Waals surface area contributed by atoms with Crippen LogP contribution in [0.4, 0.5) is 0 Å². The molecule has 2 heterocycles. The van der Waals surface area contributed by atoms with Crippen LogP contribution in [0.3, 0.4) is 0 Å². The van der Waals surface area contributed by atoms with E-state index in [1.54, 1.807) is 30.6 Å². The van der Waals surface area contributed by atoms with Gasteiger partial charge in [0.25, 0.3) is 5.91 Å². The zero-order chi connectivity index (χ0) is 18.4. The van der Waals surface area contributed by atoms with Crippen molar-refractivity contribution in [2.45, 2.75) is 20.0 Å². The van der Waals surface area contributed by atoms with Gasteiger partial charge in [0.15, 0.2) is 11.5 Å². The van der Waals surface area contributed by atoms with E-state index in [1.807, 2.05) is 24.0 Å². The number of aromatic nitrogens is 1. The van der Waals surface area contributed by atoms with Gasteiger partial charge >= 0.3 is 0 Å². The van der Waals surface area contributed by atoms with E-state index in [4.69, 9.17) is 15.2 Å². The Hall–Kier alpha value is -2.60. The Bertz CT molecular complexity index is 736. The maximum absolute atomic E-state index is 12.7. The SMILES string of the molecule is CCOc1cc(C(=O)N2CCC(CN)C2)ccc1OCc1ccncc1. The fourth-order valence-corrected chi connectivity index (χ4v) is 3.06. The summed E-state index contributed by atoms with van der Waals surface area (Å²) in [6.07, 6.45) is 4.43. The van der Waals surface area contributed by atoms with Gasteiger partial charge in [0.2, 0.25) is 0 Å². The number of carbonyl (C=O) groups is 1. The zero-order valence-electron chi connectivity index (χ0n) is 15.1. The molecule has 2 N–H and O–H groups in total. The Morgan fingerprint density at radius 2 is 2.04 bits per heavy atom. The number of benzene rings is 1. The number of likely N-dealkylation sites (tertiary alicyclic amines) is 1. The zero-order valence-corrected chi connectivity index (χ0v) is 15.1. The highest BCUT2D eigenvalue weighted by Gasteiger charge is 2.26. The van der Waals surface area contributed by atoms with E-state index in [0.29, 0.717) is 42.7 Å². The predicted octanol–water partition coefficient (Wildman–Crippen LogP) is 2.48. The molecule has 1 unspecified atom stereocenters. The molecule has 1 aliphatic heterocycles. The number of nitrogens with two attached hydrogens (primary N) is 1. The summed E-state index contributed by atoms with van der Waals surface area (Å²) in [7, 11) is 0. The highest BCUT2D eigenvalue weighted by atomic mass is 16.5. The largest absolute Gasteiger partial charge is 0.490 e. The van der Waals surface area contributed by atoms with E-state index in [-0.39, 0.29) is 5.91 Å². The van der Waals surface area contributed by atoms with Gasteiger partial charge in [0.05, 0.1) is 6.61 Å². The molecule has 2 aromatic rings. The number of hydrogen-bond donors (Lipinski definition) is 1. The van der Waals surface area contributed by atoms with E-state index in [0.717, 1.165) is 25.1 Å². The van der Waals surface area contributed by atoms with Crippen molar-refractivity contribution in [1.82, 2.24) is 9.88 Å².